The molecule has 24 heavy (non-hydrogen) atoms. The van der Waals surface area contributed by atoms with E-state index in [9.17, 15) is 4.79 Å². The fourth-order valence-electron chi connectivity index (χ4n) is 2.72. The van der Waals surface area contributed by atoms with Crippen molar-refractivity contribution < 1.29 is 14.3 Å². The molecule has 1 aliphatic rings. The lowest BCUT2D eigenvalue weighted by atomic mass is 10.1. The van der Waals surface area contributed by atoms with Gasteiger partial charge in [-0.05, 0) is 47.9 Å². The molecule has 0 fully saturated rings. The molecular formula is C18H21ClN2O3. The van der Waals surface area contributed by atoms with E-state index in [0.717, 1.165) is 24.2 Å². The Balaban J connectivity index is 0.00000208. The van der Waals surface area contributed by atoms with Crippen molar-refractivity contribution in [1.29, 1.82) is 0 Å². The molecule has 2 N–H and O–H groups in total. The average Bonchev–Trinajstić information content (AvgIpc) is 3.06. The summed E-state index contributed by atoms with van der Waals surface area (Å²) in [5.74, 6) is 1.26. The van der Waals surface area contributed by atoms with Crippen molar-refractivity contribution in [2.75, 3.05) is 26.1 Å². The molecule has 0 atom stereocenters. The van der Waals surface area contributed by atoms with Gasteiger partial charge in [-0.15, -0.1) is 12.4 Å². The van der Waals surface area contributed by atoms with Gasteiger partial charge >= 0.3 is 0 Å². The van der Waals surface area contributed by atoms with Crippen LogP contribution in [0.5, 0.6) is 11.5 Å². The summed E-state index contributed by atoms with van der Waals surface area (Å²) in [6, 6.07) is 11.4. The molecule has 5 nitrogen and oxygen atoms in total. The Labute approximate surface area is 147 Å². The van der Waals surface area contributed by atoms with Crippen LogP contribution in [0.2, 0.25) is 0 Å². The molecule has 2 aromatic carbocycles. The predicted octanol–water partition coefficient (Wildman–Crippen LogP) is 3.02. The maximum Gasteiger partial charge on any atom is 0.251 e. The smallest absolute Gasteiger partial charge is 0.251 e. The minimum absolute atomic E-state index is 0. The first-order valence-corrected chi connectivity index (χ1v) is 7.57. The number of nitrogens with one attached hydrogen (secondary N) is 2. The molecule has 1 amide bonds. The zero-order valence-electron chi connectivity index (χ0n) is 13.7. The maximum absolute atomic E-state index is 12.3. The average molecular weight is 349 g/mol. The first-order chi connectivity index (χ1) is 11.2. The van der Waals surface area contributed by atoms with E-state index in [0.29, 0.717) is 23.6 Å². The third-order valence-corrected chi connectivity index (χ3v) is 3.98. The fraction of sp³-hybridized carbons (Fsp3) is 0.278. The van der Waals surface area contributed by atoms with Crippen molar-refractivity contribution in [3.05, 3.63) is 53.1 Å². The Kier molecular flexibility index (Phi) is 5.93. The third-order valence-electron chi connectivity index (χ3n) is 3.98. The van der Waals surface area contributed by atoms with E-state index in [1.54, 1.807) is 14.2 Å². The number of anilines is 1. The van der Waals surface area contributed by atoms with Crippen molar-refractivity contribution in [1.82, 2.24) is 5.32 Å². The van der Waals surface area contributed by atoms with E-state index in [1.807, 2.05) is 36.4 Å². The van der Waals surface area contributed by atoms with Gasteiger partial charge in [0, 0.05) is 24.3 Å². The lowest BCUT2D eigenvalue weighted by molar-refractivity contribution is 0.0951. The van der Waals surface area contributed by atoms with Gasteiger partial charge in [-0.2, -0.15) is 0 Å². The van der Waals surface area contributed by atoms with Crippen LogP contribution in [-0.4, -0.2) is 26.7 Å². The van der Waals surface area contributed by atoms with Gasteiger partial charge in [0.15, 0.2) is 11.5 Å². The zero-order valence-corrected chi connectivity index (χ0v) is 14.5. The number of hydrogen-bond acceptors (Lipinski definition) is 4. The van der Waals surface area contributed by atoms with Gasteiger partial charge in [0.1, 0.15) is 0 Å². The van der Waals surface area contributed by atoms with Crippen molar-refractivity contribution >= 4 is 24.0 Å². The first kappa shape index (κ1) is 17.9. The van der Waals surface area contributed by atoms with Crippen LogP contribution in [0, 0.1) is 0 Å². The molecular weight excluding hydrogens is 328 g/mol. The minimum atomic E-state index is -0.0746. The summed E-state index contributed by atoms with van der Waals surface area (Å²) < 4.78 is 10.5. The number of fused-ring (bicyclic) bond motifs is 1. The molecule has 0 aliphatic carbocycles. The third kappa shape index (κ3) is 3.74. The van der Waals surface area contributed by atoms with Crippen LogP contribution >= 0.6 is 12.4 Å². The highest BCUT2D eigenvalue weighted by atomic mass is 35.5. The molecule has 0 bridgehead atoms. The molecule has 128 valence electrons. The summed E-state index contributed by atoms with van der Waals surface area (Å²) in [6.07, 6.45) is 0.964. The van der Waals surface area contributed by atoms with Crippen LogP contribution in [-0.2, 0) is 13.0 Å². The summed E-state index contributed by atoms with van der Waals surface area (Å²) in [6.45, 7) is 1.38. The summed E-state index contributed by atoms with van der Waals surface area (Å²) in [7, 11) is 3.20. The molecule has 3 rings (SSSR count). The van der Waals surface area contributed by atoms with E-state index in [-0.39, 0.29) is 18.3 Å². The van der Waals surface area contributed by atoms with E-state index >= 15 is 0 Å². The minimum Gasteiger partial charge on any atom is -0.493 e. The molecule has 0 saturated carbocycles. The standard InChI is InChI=1S/C18H20N2O3.ClH/c1-22-16-6-3-12(9-17(16)23-2)11-20-18(21)14-4-5-15-13(10-14)7-8-19-15;/h3-6,9-10,19H,7-8,11H2,1-2H3,(H,20,21);1H. The first-order valence-electron chi connectivity index (χ1n) is 7.57. The second kappa shape index (κ2) is 7.93. The quantitative estimate of drug-likeness (QED) is 0.872. The van der Waals surface area contributed by atoms with E-state index in [1.165, 1.54) is 5.56 Å². The Morgan fingerprint density at radius 2 is 1.92 bits per heavy atom. The van der Waals surface area contributed by atoms with Crippen LogP contribution in [0.25, 0.3) is 0 Å². The number of amides is 1. The van der Waals surface area contributed by atoms with Crippen molar-refractivity contribution in [3.8, 4) is 11.5 Å². The number of ether oxygens (including phenoxy) is 2. The number of methoxy groups -OCH3 is 2. The second-order valence-electron chi connectivity index (χ2n) is 5.42. The van der Waals surface area contributed by atoms with Gasteiger partial charge in [0.2, 0.25) is 0 Å². The van der Waals surface area contributed by atoms with Gasteiger partial charge < -0.3 is 20.1 Å². The molecule has 1 aliphatic heterocycles. The highest BCUT2D eigenvalue weighted by molar-refractivity contribution is 5.95. The highest BCUT2D eigenvalue weighted by Gasteiger charge is 2.13. The van der Waals surface area contributed by atoms with Crippen molar-refractivity contribution in [2.45, 2.75) is 13.0 Å². The Bertz CT molecular complexity index is 734. The van der Waals surface area contributed by atoms with E-state index < -0.39 is 0 Å². The topological polar surface area (TPSA) is 59.6 Å². The summed E-state index contributed by atoms with van der Waals surface area (Å²) >= 11 is 0. The van der Waals surface area contributed by atoms with Crippen LogP contribution in [0.1, 0.15) is 21.5 Å². The Morgan fingerprint density at radius 3 is 2.67 bits per heavy atom. The molecule has 0 unspecified atom stereocenters. The zero-order chi connectivity index (χ0) is 16.2. The van der Waals surface area contributed by atoms with Gasteiger partial charge in [0.25, 0.3) is 5.91 Å². The van der Waals surface area contributed by atoms with Gasteiger partial charge in [-0.25, -0.2) is 0 Å². The van der Waals surface area contributed by atoms with Gasteiger partial charge in [0.05, 0.1) is 14.2 Å². The Morgan fingerprint density at radius 1 is 1.12 bits per heavy atom. The van der Waals surface area contributed by atoms with Crippen LogP contribution < -0.4 is 20.1 Å². The fourth-order valence-corrected chi connectivity index (χ4v) is 2.72. The number of halogens is 1. The van der Waals surface area contributed by atoms with Crippen molar-refractivity contribution in [3.63, 3.8) is 0 Å². The molecule has 0 spiro atoms. The number of carbonyl (C=O) groups is 1. The molecule has 0 radical (unpaired) electrons. The largest absolute Gasteiger partial charge is 0.493 e. The SMILES string of the molecule is COc1ccc(CNC(=O)c2ccc3c(c2)CCN3)cc1OC.Cl. The van der Waals surface area contributed by atoms with Crippen molar-refractivity contribution in [2.24, 2.45) is 0 Å². The summed E-state index contributed by atoms with van der Waals surface area (Å²) in [4.78, 5) is 12.3. The number of benzene rings is 2. The lowest BCUT2D eigenvalue weighted by Crippen LogP contribution is -2.22. The summed E-state index contributed by atoms with van der Waals surface area (Å²) in [5, 5.41) is 6.23. The van der Waals surface area contributed by atoms with Crippen LogP contribution in [0.4, 0.5) is 5.69 Å². The molecule has 6 heteroatoms. The molecule has 2 aromatic rings. The number of carbonyl (C=O) groups excluding carboxylic acids is 1. The van der Waals surface area contributed by atoms with Crippen LogP contribution in [0.15, 0.2) is 36.4 Å². The van der Waals surface area contributed by atoms with Gasteiger partial charge in [-0.3, -0.25) is 4.79 Å². The molecule has 1 heterocycles. The lowest BCUT2D eigenvalue weighted by Gasteiger charge is -2.11. The number of hydrogen-bond donors (Lipinski definition) is 2. The maximum atomic E-state index is 12.3. The molecule has 0 saturated heterocycles. The predicted molar refractivity (Wildman–Crippen MR) is 96.6 cm³/mol. The normalized spacial score (nSPS) is 11.8. The van der Waals surface area contributed by atoms with Crippen LogP contribution in [0.3, 0.4) is 0 Å². The van der Waals surface area contributed by atoms with Gasteiger partial charge in [-0.1, -0.05) is 6.07 Å². The molecule has 0 aromatic heterocycles. The highest BCUT2D eigenvalue weighted by Crippen LogP contribution is 2.27. The number of rotatable bonds is 5. The van der Waals surface area contributed by atoms with E-state index in [2.05, 4.69) is 10.6 Å². The second-order valence-corrected chi connectivity index (χ2v) is 5.42. The Hall–Kier alpha value is -2.40. The monoisotopic (exact) mass is 348 g/mol. The van der Waals surface area contributed by atoms with E-state index in [4.69, 9.17) is 9.47 Å². The summed E-state index contributed by atoms with van der Waals surface area (Å²) in [5.41, 5.74) is 3.97.